The summed E-state index contributed by atoms with van der Waals surface area (Å²) in [4.78, 5) is 11.8. The van der Waals surface area contributed by atoms with Gasteiger partial charge in [-0.15, -0.1) is 0 Å². The molecule has 0 fully saturated rings. The molecule has 0 atom stereocenters. The van der Waals surface area contributed by atoms with Gasteiger partial charge in [0.25, 0.3) is 5.56 Å². The average molecular weight is 253 g/mol. The molecular formula is C12H13F2N3O. The molecule has 1 aromatic carbocycles. The van der Waals surface area contributed by atoms with Crippen molar-refractivity contribution in [1.82, 2.24) is 9.78 Å². The number of nitrogens with zero attached hydrogens (tertiary/aromatic N) is 1. The quantitative estimate of drug-likeness (QED) is 0.862. The number of hydrogen-bond donors (Lipinski definition) is 2. The molecule has 0 saturated carbocycles. The molecule has 0 saturated heterocycles. The molecule has 2 aromatic rings. The normalized spacial score (nSPS) is 10.9. The molecule has 1 heterocycles. The van der Waals surface area contributed by atoms with Gasteiger partial charge in [0.1, 0.15) is 11.6 Å². The maximum Gasteiger partial charge on any atom is 0.270 e. The fourth-order valence-electron chi connectivity index (χ4n) is 1.88. The molecule has 0 bridgehead atoms. The van der Waals surface area contributed by atoms with Gasteiger partial charge < -0.3 is 5.73 Å². The van der Waals surface area contributed by atoms with Crippen molar-refractivity contribution in [3.05, 3.63) is 45.8 Å². The number of nitrogens with one attached hydrogen (secondary N) is 1. The molecule has 0 radical (unpaired) electrons. The lowest BCUT2D eigenvalue weighted by molar-refractivity contribution is 0.602. The second-order valence-corrected chi connectivity index (χ2v) is 3.99. The summed E-state index contributed by atoms with van der Waals surface area (Å²) in [6, 6.07) is 3.12. The van der Waals surface area contributed by atoms with Crippen molar-refractivity contribution in [1.29, 1.82) is 0 Å². The van der Waals surface area contributed by atoms with Crippen LogP contribution in [0.5, 0.6) is 0 Å². The van der Waals surface area contributed by atoms with Crippen molar-refractivity contribution >= 4 is 0 Å². The molecule has 0 spiro atoms. The van der Waals surface area contributed by atoms with Gasteiger partial charge in [0.15, 0.2) is 0 Å². The maximum absolute atomic E-state index is 13.7. The van der Waals surface area contributed by atoms with Crippen LogP contribution >= 0.6 is 0 Å². The lowest BCUT2D eigenvalue weighted by atomic mass is 10.1. The zero-order chi connectivity index (χ0) is 13.3. The monoisotopic (exact) mass is 253 g/mol. The summed E-state index contributed by atoms with van der Waals surface area (Å²) in [5.74, 6) is -1.15. The van der Waals surface area contributed by atoms with E-state index in [1.54, 1.807) is 0 Å². The van der Waals surface area contributed by atoms with Gasteiger partial charge in [-0.25, -0.2) is 8.78 Å². The molecule has 0 aliphatic heterocycles. The molecule has 3 N–H and O–H groups in total. The predicted molar refractivity (Wildman–Crippen MR) is 64.1 cm³/mol. The van der Waals surface area contributed by atoms with E-state index in [9.17, 15) is 13.6 Å². The molecule has 18 heavy (non-hydrogen) atoms. The fraction of sp³-hybridized carbons (Fsp3) is 0.250. The Kier molecular flexibility index (Phi) is 3.29. The van der Waals surface area contributed by atoms with Crippen LogP contribution in [0.4, 0.5) is 8.78 Å². The van der Waals surface area contributed by atoms with Gasteiger partial charge in [-0.3, -0.25) is 14.6 Å². The summed E-state index contributed by atoms with van der Waals surface area (Å²) < 4.78 is 28.1. The Morgan fingerprint density at radius 3 is 2.78 bits per heavy atom. The van der Waals surface area contributed by atoms with Crippen LogP contribution in [0, 0.1) is 11.6 Å². The third kappa shape index (κ3) is 2.06. The van der Waals surface area contributed by atoms with E-state index in [1.807, 2.05) is 0 Å². The van der Waals surface area contributed by atoms with Crippen LogP contribution in [-0.2, 0) is 13.5 Å². The summed E-state index contributed by atoms with van der Waals surface area (Å²) >= 11 is 0. The van der Waals surface area contributed by atoms with Crippen molar-refractivity contribution in [2.24, 2.45) is 12.8 Å². The van der Waals surface area contributed by atoms with Gasteiger partial charge in [-0.05, 0) is 31.2 Å². The van der Waals surface area contributed by atoms with Crippen LogP contribution in [-0.4, -0.2) is 16.3 Å². The van der Waals surface area contributed by atoms with E-state index in [1.165, 1.54) is 11.7 Å². The van der Waals surface area contributed by atoms with Crippen LogP contribution < -0.4 is 11.3 Å². The highest BCUT2D eigenvalue weighted by molar-refractivity contribution is 5.63. The Morgan fingerprint density at radius 2 is 2.11 bits per heavy atom. The highest BCUT2D eigenvalue weighted by Gasteiger charge is 2.17. The molecule has 0 unspecified atom stereocenters. The van der Waals surface area contributed by atoms with Crippen molar-refractivity contribution in [3.63, 3.8) is 0 Å². The third-order valence-corrected chi connectivity index (χ3v) is 2.74. The topological polar surface area (TPSA) is 63.8 Å². The van der Waals surface area contributed by atoms with Gasteiger partial charge >= 0.3 is 0 Å². The minimum atomic E-state index is -0.587. The lowest BCUT2D eigenvalue weighted by Crippen LogP contribution is -2.17. The first kappa shape index (κ1) is 12.5. The van der Waals surface area contributed by atoms with E-state index in [4.69, 9.17) is 5.73 Å². The highest BCUT2D eigenvalue weighted by atomic mass is 19.1. The predicted octanol–water partition coefficient (Wildman–Crippen LogP) is 1.16. The number of aryl methyl sites for hydroxylation is 1. The van der Waals surface area contributed by atoms with E-state index in [0.717, 1.165) is 18.2 Å². The molecule has 2 rings (SSSR count). The molecule has 0 amide bonds. The number of benzene rings is 1. The van der Waals surface area contributed by atoms with E-state index in [0.29, 0.717) is 12.0 Å². The number of rotatable bonds is 3. The van der Waals surface area contributed by atoms with Gasteiger partial charge in [0.2, 0.25) is 0 Å². The molecule has 6 heteroatoms. The lowest BCUT2D eigenvalue weighted by Gasteiger charge is -2.03. The number of halogens is 2. The van der Waals surface area contributed by atoms with Crippen LogP contribution in [0.2, 0.25) is 0 Å². The van der Waals surface area contributed by atoms with Crippen molar-refractivity contribution < 1.29 is 8.78 Å². The van der Waals surface area contributed by atoms with E-state index >= 15 is 0 Å². The fourth-order valence-corrected chi connectivity index (χ4v) is 1.88. The van der Waals surface area contributed by atoms with E-state index in [2.05, 4.69) is 5.10 Å². The summed E-state index contributed by atoms with van der Waals surface area (Å²) in [6.07, 6.45) is 0.307. The van der Waals surface area contributed by atoms with Crippen LogP contribution in [0.15, 0.2) is 23.0 Å². The Hall–Kier alpha value is -1.95. The number of hydrogen-bond acceptors (Lipinski definition) is 2. The number of nitrogens with two attached hydrogens (primary N) is 1. The second-order valence-electron chi connectivity index (χ2n) is 3.99. The summed E-state index contributed by atoms with van der Waals surface area (Å²) in [6.45, 7) is 0.261. The van der Waals surface area contributed by atoms with Crippen LogP contribution in [0.1, 0.15) is 5.56 Å². The largest absolute Gasteiger partial charge is 0.330 e. The van der Waals surface area contributed by atoms with Crippen molar-refractivity contribution in [2.75, 3.05) is 6.54 Å². The molecular weight excluding hydrogens is 240 g/mol. The van der Waals surface area contributed by atoms with Gasteiger partial charge in [0, 0.05) is 18.2 Å². The highest BCUT2D eigenvalue weighted by Crippen LogP contribution is 2.24. The summed E-state index contributed by atoms with van der Waals surface area (Å²) in [5, 5.41) is 2.72. The Bertz CT molecular complexity index is 631. The SMILES string of the molecule is Cn1[nH]c(-c2cc(F)ccc2F)c(CCN)c1=O. The standard InChI is InChI=1S/C12H13F2N3O/c1-17-12(18)8(4-5-15)11(16-17)9-6-7(13)2-3-10(9)14/h2-3,6,16H,4-5,15H2,1H3. The summed E-state index contributed by atoms with van der Waals surface area (Å²) in [5.41, 5.74) is 5.83. The smallest absolute Gasteiger partial charge is 0.270 e. The minimum Gasteiger partial charge on any atom is -0.330 e. The van der Waals surface area contributed by atoms with Crippen molar-refractivity contribution in [3.8, 4) is 11.3 Å². The van der Waals surface area contributed by atoms with Gasteiger partial charge in [0.05, 0.1) is 5.69 Å². The molecule has 96 valence electrons. The summed E-state index contributed by atoms with van der Waals surface area (Å²) in [7, 11) is 1.52. The number of H-pyrrole nitrogens is 1. The Morgan fingerprint density at radius 1 is 1.39 bits per heavy atom. The molecule has 1 aromatic heterocycles. The van der Waals surface area contributed by atoms with E-state index < -0.39 is 11.6 Å². The zero-order valence-corrected chi connectivity index (χ0v) is 9.84. The van der Waals surface area contributed by atoms with E-state index in [-0.39, 0.29) is 23.4 Å². The average Bonchev–Trinajstić information content (AvgIpc) is 2.61. The third-order valence-electron chi connectivity index (χ3n) is 2.74. The first-order chi connectivity index (χ1) is 8.54. The zero-order valence-electron chi connectivity index (χ0n) is 9.84. The molecule has 4 nitrogen and oxygen atoms in total. The van der Waals surface area contributed by atoms with Gasteiger partial charge in [-0.1, -0.05) is 0 Å². The first-order valence-corrected chi connectivity index (χ1v) is 5.48. The molecule has 0 aliphatic rings. The van der Waals surface area contributed by atoms with Crippen LogP contribution in [0.3, 0.4) is 0 Å². The van der Waals surface area contributed by atoms with Gasteiger partial charge in [-0.2, -0.15) is 0 Å². The van der Waals surface area contributed by atoms with Crippen LogP contribution in [0.25, 0.3) is 11.3 Å². The Labute approximate surface area is 102 Å². The second kappa shape index (κ2) is 4.73. The molecule has 0 aliphatic carbocycles. The van der Waals surface area contributed by atoms with Crippen molar-refractivity contribution in [2.45, 2.75) is 6.42 Å². The number of aromatic amines is 1. The minimum absolute atomic E-state index is 0.0381. The first-order valence-electron chi connectivity index (χ1n) is 5.48. The maximum atomic E-state index is 13.7. The Balaban J connectivity index is 2.67. The number of aromatic nitrogens is 2.